The number of para-hydroxylation sites is 1. The van der Waals surface area contributed by atoms with E-state index in [1.54, 1.807) is 72.8 Å². The molecule has 0 aliphatic rings. The van der Waals surface area contributed by atoms with E-state index in [2.05, 4.69) is 26.5 Å². The van der Waals surface area contributed by atoms with Gasteiger partial charge in [-0.25, -0.2) is 10.2 Å². The first kappa shape index (κ1) is 26.9. The van der Waals surface area contributed by atoms with Gasteiger partial charge in [-0.05, 0) is 71.8 Å². The maximum absolute atomic E-state index is 12.8. The number of carbonyl (C=O) groups is 2. The lowest BCUT2D eigenvalue weighted by molar-refractivity contribution is 0.0729. The third-order valence-corrected chi connectivity index (χ3v) is 6.01. The van der Waals surface area contributed by atoms with Crippen LogP contribution in [0, 0.1) is 0 Å². The van der Waals surface area contributed by atoms with Crippen LogP contribution in [0.3, 0.4) is 0 Å². The fourth-order valence-corrected chi connectivity index (χ4v) is 3.90. The zero-order chi connectivity index (χ0) is 26.9. The zero-order valence-corrected chi connectivity index (χ0v) is 22.5. The topological polar surface area (TPSA) is 86.2 Å². The van der Waals surface area contributed by atoms with Crippen LogP contribution in [0.2, 0.25) is 5.02 Å². The summed E-state index contributed by atoms with van der Waals surface area (Å²) < 4.78 is 17.5. The Kier molecular flexibility index (Phi) is 9.13. The van der Waals surface area contributed by atoms with Crippen LogP contribution in [-0.4, -0.2) is 25.2 Å². The van der Waals surface area contributed by atoms with E-state index >= 15 is 0 Å². The van der Waals surface area contributed by atoms with Crippen LogP contribution in [0.15, 0.2) is 101 Å². The molecule has 4 rings (SSSR count). The molecule has 1 N–H and O–H groups in total. The third-order valence-electron chi connectivity index (χ3n) is 5.27. The smallest absolute Gasteiger partial charge is 0.343 e. The molecule has 7 nitrogen and oxygen atoms in total. The molecule has 0 aliphatic carbocycles. The van der Waals surface area contributed by atoms with E-state index in [0.717, 1.165) is 10.0 Å². The van der Waals surface area contributed by atoms with Crippen LogP contribution < -0.4 is 19.6 Å². The Labute approximate surface area is 233 Å². The maximum atomic E-state index is 12.8. The fraction of sp³-hybridized carbons (Fsp3) is 0.0690. The minimum absolute atomic E-state index is 0.255. The van der Waals surface area contributed by atoms with Crippen molar-refractivity contribution in [2.45, 2.75) is 6.61 Å². The van der Waals surface area contributed by atoms with Gasteiger partial charge in [0.05, 0.1) is 24.5 Å². The number of ether oxygens (including phenoxy) is 3. The molecule has 0 unspecified atom stereocenters. The first-order valence-electron chi connectivity index (χ1n) is 11.4. The number of amides is 1. The van der Waals surface area contributed by atoms with Crippen LogP contribution in [0.1, 0.15) is 31.8 Å². The Bertz CT molecular complexity index is 1470. The van der Waals surface area contributed by atoms with Gasteiger partial charge in [-0.15, -0.1) is 0 Å². The molecule has 0 aromatic heterocycles. The Morgan fingerprint density at radius 2 is 1.71 bits per heavy atom. The second kappa shape index (κ2) is 12.9. The number of hydrogen-bond donors (Lipinski definition) is 1. The lowest BCUT2D eigenvalue weighted by Crippen LogP contribution is -2.18. The molecular weight excluding hydrogens is 572 g/mol. The van der Waals surface area contributed by atoms with Gasteiger partial charge in [-0.2, -0.15) is 5.10 Å². The van der Waals surface area contributed by atoms with E-state index in [9.17, 15) is 9.59 Å². The highest BCUT2D eigenvalue weighted by molar-refractivity contribution is 9.10. The Hall–Kier alpha value is -4.14. The van der Waals surface area contributed by atoms with Crippen LogP contribution in [0.5, 0.6) is 17.2 Å². The maximum Gasteiger partial charge on any atom is 0.343 e. The second-order valence-corrected chi connectivity index (χ2v) is 9.27. The summed E-state index contributed by atoms with van der Waals surface area (Å²) in [4.78, 5) is 25.2. The van der Waals surface area contributed by atoms with Crippen LogP contribution in [0.25, 0.3) is 0 Å². The van der Waals surface area contributed by atoms with Crippen molar-refractivity contribution in [3.8, 4) is 17.2 Å². The van der Waals surface area contributed by atoms with E-state index in [1.807, 2.05) is 18.2 Å². The molecule has 1 amide bonds. The van der Waals surface area contributed by atoms with Crippen molar-refractivity contribution in [1.82, 2.24) is 5.43 Å². The molecule has 0 saturated carbocycles. The third kappa shape index (κ3) is 7.21. The lowest BCUT2D eigenvalue weighted by atomic mass is 10.2. The summed E-state index contributed by atoms with van der Waals surface area (Å²) in [6.07, 6.45) is 1.46. The van der Waals surface area contributed by atoms with Crippen LogP contribution >= 0.6 is 27.5 Å². The molecule has 4 aromatic rings. The quantitative estimate of drug-likeness (QED) is 0.101. The largest absolute Gasteiger partial charge is 0.493 e. The normalized spacial score (nSPS) is 10.7. The van der Waals surface area contributed by atoms with E-state index in [4.69, 9.17) is 25.8 Å². The van der Waals surface area contributed by atoms with Crippen molar-refractivity contribution in [2.75, 3.05) is 7.11 Å². The van der Waals surface area contributed by atoms with E-state index in [0.29, 0.717) is 33.2 Å². The van der Waals surface area contributed by atoms with Gasteiger partial charge in [-0.3, -0.25) is 4.79 Å². The highest BCUT2D eigenvalue weighted by Crippen LogP contribution is 2.29. The molecule has 0 saturated heterocycles. The summed E-state index contributed by atoms with van der Waals surface area (Å²) in [5.74, 6) is 0.0677. The number of nitrogens with one attached hydrogen (secondary N) is 1. The number of nitrogens with zero attached hydrogens (tertiary/aromatic N) is 1. The Balaban J connectivity index is 1.39. The van der Waals surface area contributed by atoms with Gasteiger partial charge in [0.15, 0.2) is 11.5 Å². The summed E-state index contributed by atoms with van der Waals surface area (Å²) in [6, 6.07) is 26.0. The van der Waals surface area contributed by atoms with Crippen molar-refractivity contribution in [3.63, 3.8) is 0 Å². The number of halogens is 2. The number of carbonyl (C=O) groups excluding carboxylic acids is 2. The highest BCUT2D eigenvalue weighted by atomic mass is 79.9. The van der Waals surface area contributed by atoms with Gasteiger partial charge < -0.3 is 14.2 Å². The first-order chi connectivity index (χ1) is 18.4. The molecule has 0 atom stereocenters. The Morgan fingerprint density at radius 3 is 2.47 bits per heavy atom. The van der Waals surface area contributed by atoms with Gasteiger partial charge in [0, 0.05) is 9.50 Å². The van der Waals surface area contributed by atoms with Crippen molar-refractivity contribution in [1.29, 1.82) is 0 Å². The number of hydrogen-bond acceptors (Lipinski definition) is 6. The SMILES string of the molecule is COc1cc(/C=N/NC(=O)c2ccccc2OCc2ccc(Cl)cc2)ccc1OC(=O)c1cccc(Br)c1. The molecule has 0 aliphatic heterocycles. The molecular formula is C29H22BrClN2O5. The predicted molar refractivity (Wildman–Crippen MR) is 149 cm³/mol. The molecule has 0 heterocycles. The summed E-state index contributed by atoms with van der Waals surface area (Å²) in [5, 5.41) is 4.69. The molecule has 0 radical (unpaired) electrons. The standard InChI is InChI=1S/C29H22BrClN2O5/c1-36-27-15-20(11-14-26(27)38-29(35)21-5-4-6-22(30)16-21)17-32-33-28(34)24-7-2-3-8-25(24)37-18-19-9-12-23(31)13-10-19/h2-17H,18H2,1H3,(H,33,34)/b32-17+. The molecule has 38 heavy (non-hydrogen) atoms. The van der Waals surface area contributed by atoms with E-state index in [1.165, 1.54) is 13.3 Å². The van der Waals surface area contributed by atoms with Crippen LogP contribution in [-0.2, 0) is 6.61 Å². The number of methoxy groups -OCH3 is 1. The van der Waals surface area contributed by atoms with Crippen molar-refractivity contribution < 1.29 is 23.8 Å². The Morgan fingerprint density at radius 1 is 0.921 bits per heavy atom. The molecule has 0 spiro atoms. The summed E-state index contributed by atoms with van der Waals surface area (Å²) in [5.41, 5.74) is 4.78. The molecule has 9 heteroatoms. The average molecular weight is 594 g/mol. The van der Waals surface area contributed by atoms with Crippen molar-refractivity contribution >= 4 is 45.6 Å². The van der Waals surface area contributed by atoms with Gasteiger partial charge in [-0.1, -0.05) is 57.9 Å². The fourth-order valence-electron chi connectivity index (χ4n) is 3.37. The van der Waals surface area contributed by atoms with Gasteiger partial charge in [0.2, 0.25) is 0 Å². The predicted octanol–water partition coefficient (Wildman–Crippen LogP) is 6.67. The molecule has 0 bridgehead atoms. The monoisotopic (exact) mass is 592 g/mol. The average Bonchev–Trinajstić information content (AvgIpc) is 2.93. The summed E-state index contributed by atoms with van der Waals surface area (Å²) >= 11 is 9.26. The molecule has 192 valence electrons. The van der Waals surface area contributed by atoms with Crippen molar-refractivity contribution in [2.24, 2.45) is 5.10 Å². The highest BCUT2D eigenvalue weighted by Gasteiger charge is 2.14. The van der Waals surface area contributed by atoms with Gasteiger partial charge in [0.1, 0.15) is 12.4 Å². The second-order valence-electron chi connectivity index (χ2n) is 7.92. The van der Waals surface area contributed by atoms with E-state index in [-0.39, 0.29) is 12.4 Å². The van der Waals surface area contributed by atoms with Crippen LogP contribution in [0.4, 0.5) is 0 Å². The lowest BCUT2D eigenvalue weighted by Gasteiger charge is -2.11. The zero-order valence-electron chi connectivity index (χ0n) is 20.2. The minimum Gasteiger partial charge on any atom is -0.493 e. The van der Waals surface area contributed by atoms with E-state index < -0.39 is 11.9 Å². The summed E-state index contributed by atoms with van der Waals surface area (Å²) in [7, 11) is 1.47. The van der Waals surface area contributed by atoms with Crippen molar-refractivity contribution in [3.05, 3.63) is 123 Å². The molecule has 4 aromatic carbocycles. The van der Waals surface area contributed by atoms with Gasteiger partial charge >= 0.3 is 5.97 Å². The number of rotatable bonds is 9. The van der Waals surface area contributed by atoms with Gasteiger partial charge in [0.25, 0.3) is 5.91 Å². The molecule has 0 fully saturated rings. The number of hydrazone groups is 1. The first-order valence-corrected chi connectivity index (χ1v) is 12.6. The number of benzene rings is 4. The summed E-state index contributed by atoms with van der Waals surface area (Å²) in [6.45, 7) is 0.281. The minimum atomic E-state index is -0.518. The number of esters is 1.